The van der Waals surface area contributed by atoms with Gasteiger partial charge in [0.1, 0.15) is 17.5 Å². The quantitative estimate of drug-likeness (QED) is 0.757. The van der Waals surface area contributed by atoms with Gasteiger partial charge in [-0.15, -0.1) is 0 Å². The summed E-state index contributed by atoms with van der Waals surface area (Å²) in [5.74, 6) is 2.66. The summed E-state index contributed by atoms with van der Waals surface area (Å²) in [6, 6.07) is 8.22. The van der Waals surface area contributed by atoms with Gasteiger partial charge in [-0.25, -0.2) is 14.8 Å². The van der Waals surface area contributed by atoms with Gasteiger partial charge in [0.15, 0.2) is 0 Å². The molecule has 0 saturated carbocycles. The van der Waals surface area contributed by atoms with Crippen molar-refractivity contribution in [3.63, 3.8) is 0 Å². The third-order valence-electron chi connectivity index (χ3n) is 5.22. The molecule has 0 unspecified atom stereocenters. The van der Waals surface area contributed by atoms with Crippen LogP contribution in [0, 0.1) is 0 Å². The minimum Gasteiger partial charge on any atom is -0.465 e. The van der Waals surface area contributed by atoms with E-state index in [1.165, 1.54) is 18.2 Å². The smallest absolute Gasteiger partial charge is 0.337 e. The molecule has 0 amide bonds. The lowest BCUT2D eigenvalue weighted by Gasteiger charge is -2.31. The highest BCUT2D eigenvalue weighted by molar-refractivity contribution is 5.89. The second kappa shape index (κ2) is 8.59. The maximum absolute atomic E-state index is 11.8. The van der Waals surface area contributed by atoms with E-state index in [0.29, 0.717) is 11.6 Å². The van der Waals surface area contributed by atoms with E-state index in [-0.39, 0.29) is 11.9 Å². The first-order chi connectivity index (χ1) is 13.4. The highest BCUT2D eigenvalue weighted by Crippen LogP contribution is 2.27. The number of aromatic nitrogens is 2. The fraction of sp³-hybridized carbons (Fsp3) is 0.500. The molecule has 150 valence electrons. The van der Waals surface area contributed by atoms with Crippen LogP contribution in [0.3, 0.4) is 0 Å². The summed E-state index contributed by atoms with van der Waals surface area (Å²) in [5, 5.41) is 3.48. The summed E-state index contributed by atoms with van der Waals surface area (Å²) in [7, 11) is 1.41. The van der Waals surface area contributed by atoms with E-state index < -0.39 is 0 Å². The first kappa shape index (κ1) is 20.1. The average Bonchev–Trinajstić information content (AvgIpc) is 2.71. The van der Waals surface area contributed by atoms with Gasteiger partial charge in [-0.2, -0.15) is 0 Å². The molecule has 6 nitrogen and oxygen atoms in total. The SMILES string of the molecule is CC[C@H](C)Nc1cc(N2CCc3cc(C(=O)OC)ccc3C2)nc(C(C)C)n1. The molecule has 1 aliphatic rings. The van der Waals surface area contributed by atoms with Gasteiger partial charge in [0.25, 0.3) is 0 Å². The van der Waals surface area contributed by atoms with Crippen molar-refractivity contribution >= 4 is 17.6 Å². The molecule has 0 radical (unpaired) electrons. The van der Waals surface area contributed by atoms with Crippen LogP contribution in [0.2, 0.25) is 0 Å². The minimum absolute atomic E-state index is 0.261. The third kappa shape index (κ3) is 4.43. The van der Waals surface area contributed by atoms with Gasteiger partial charge in [-0.05, 0) is 43.0 Å². The van der Waals surface area contributed by atoms with E-state index in [4.69, 9.17) is 14.7 Å². The van der Waals surface area contributed by atoms with Crippen LogP contribution in [0.15, 0.2) is 24.3 Å². The number of nitrogens with zero attached hydrogens (tertiary/aromatic N) is 3. The van der Waals surface area contributed by atoms with Gasteiger partial charge in [-0.1, -0.05) is 26.8 Å². The molecule has 0 bridgehead atoms. The van der Waals surface area contributed by atoms with Crippen LogP contribution in [-0.2, 0) is 17.7 Å². The van der Waals surface area contributed by atoms with E-state index >= 15 is 0 Å². The van der Waals surface area contributed by atoms with E-state index in [1.807, 2.05) is 24.3 Å². The molecule has 1 N–H and O–H groups in total. The molecule has 6 heteroatoms. The van der Waals surface area contributed by atoms with Crippen molar-refractivity contribution < 1.29 is 9.53 Å². The summed E-state index contributed by atoms with van der Waals surface area (Å²) in [4.78, 5) is 23.6. The van der Waals surface area contributed by atoms with Crippen LogP contribution in [0.5, 0.6) is 0 Å². The fourth-order valence-electron chi connectivity index (χ4n) is 3.29. The standard InChI is InChI=1S/C22H30N4O2/c1-6-15(4)23-19-12-20(25-21(24-19)14(2)3)26-10-9-16-11-17(22(27)28-5)7-8-18(16)13-26/h7-8,11-12,14-15H,6,9-10,13H2,1-5H3,(H,23,24,25)/t15-/m0/s1. The van der Waals surface area contributed by atoms with Crippen molar-refractivity contribution in [1.82, 2.24) is 9.97 Å². The lowest BCUT2D eigenvalue weighted by atomic mass is 9.97. The Morgan fingerprint density at radius 2 is 2.00 bits per heavy atom. The van der Waals surface area contributed by atoms with Crippen LogP contribution in [0.1, 0.15) is 67.3 Å². The molecule has 1 aromatic carbocycles. The average molecular weight is 383 g/mol. The minimum atomic E-state index is -0.289. The maximum atomic E-state index is 11.8. The lowest BCUT2D eigenvalue weighted by molar-refractivity contribution is 0.0600. The summed E-state index contributed by atoms with van der Waals surface area (Å²) in [6.07, 6.45) is 1.91. The van der Waals surface area contributed by atoms with Crippen molar-refractivity contribution in [1.29, 1.82) is 0 Å². The molecule has 1 aromatic heterocycles. The van der Waals surface area contributed by atoms with Crippen molar-refractivity contribution in [3.8, 4) is 0 Å². The first-order valence-electron chi connectivity index (χ1n) is 10.0. The zero-order valence-corrected chi connectivity index (χ0v) is 17.5. The van der Waals surface area contributed by atoms with Crippen LogP contribution in [-0.4, -0.2) is 35.6 Å². The number of rotatable bonds is 6. The number of fused-ring (bicyclic) bond motifs is 1. The number of carbonyl (C=O) groups is 1. The number of carbonyl (C=O) groups excluding carboxylic acids is 1. The molecular weight excluding hydrogens is 352 g/mol. The zero-order valence-electron chi connectivity index (χ0n) is 17.5. The number of esters is 1. The summed E-state index contributed by atoms with van der Waals surface area (Å²) >= 11 is 0. The van der Waals surface area contributed by atoms with Crippen molar-refractivity contribution in [2.45, 2.75) is 59.0 Å². The van der Waals surface area contributed by atoms with Gasteiger partial charge in [0.05, 0.1) is 12.7 Å². The third-order valence-corrected chi connectivity index (χ3v) is 5.22. The number of ether oxygens (including phenoxy) is 1. The van der Waals surface area contributed by atoms with Crippen molar-refractivity contribution in [3.05, 3.63) is 46.8 Å². The number of nitrogens with one attached hydrogen (secondary N) is 1. The molecule has 2 aromatic rings. The molecule has 1 aliphatic heterocycles. The van der Waals surface area contributed by atoms with Gasteiger partial charge in [-0.3, -0.25) is 0 Å². The largest absolute Gasteiger partial charge is 0.465 e. The summed E-state index contributed by atoms with van der Waals surface area (Å²) in [5.41, 5.74) is 3.04. The molecule has 0 saturated heterocycles. The van der Waals surface area contributed by atoms with Gasteiger partial charge < -0.3 is 15.0 Å². The summed E-state index contributed by atoms with van der Waals surface area (Å²) in [6.45, 7) is 10.2. The zero-order chi connectivity index (χ0) is 20.3. The number of benzene rings is 1. The van der Waals surface area contributed by atoms with E-state index in [9.17, 15) is 4.79 Å². The Bertz CT molecular complexity index is 850. The topological polar surface area (TPSA) is 67.4 Å². The predicted molar refractivity (Wildman–Crippen MR) is 112 cm³/mol. The molecule has 2 heterocycles. The Balaban J connectivity index is 1.87. The van der Waals surface area contributed by atoms with E-state index in [2.05, 4.69) is 37.9 Å². The van der Waals surface area contributed by atoms with E-state index in [0.717, 1.165) is 43.4 Å². The highest BCUT2D eigenvalue weighted by atomic mass is 16.5. The Hall–Kier alpha value is -2.63. The van der Waals surface area contributed by atoms with Crippen molar-refractivity contribution in [2.75, 3.05) is 23.9 Å². The van der Waals surface area contributed by atoms with Crippen molar-refractivity contribution in [2.24, 2.45) is 0 Å². The molecular formula is C22H30N4O2. The Labute approximate surface area is 167 Å². The number of hydrogen-bond donors (Lipinski definition) is 1. The van der Waals surface area contributed by atoms with Crippen LogP contribution in [0.4, 0.5) is 11.6 Å². The van der Waals surface area contributed by atoms with Gasteiger partial charge in [0.2, 0.25) is 0 Å². The maximum Gasteiger partial charge on any atom is 0.337 e. The second-order valence-corrected chi connectivity index (χ2v) is 7.72. The Morgan fingerprint density at radius 1 is 1.21 bits per heavy atom. The van der Waals surface area contributed by atoms with E-state index in [1.54, 1.807) is 0 Å². The molecule has 28 heavy (non-hydrogen) atoms. The molecule has 0 fully saturated rings. The number of hydrogen-bond acceptors (Lipinski definition) is 6. The van der Waals surface area contributed by atoms with Gasteiger partial charge >= 0.3 is 5.97 Å². The molecule has 0 spiro atoms. The van der Waals surface area contributed by atoms with Crippen LogP contribution < -0.4 is 10.2 Å². The normalized spacial score (nSPS) is 14.6. The predicted octanol–water partition coefficient (Wildman–Crippen LogP) is 4.16. The monoisotopic (exact) mass is 382 g/mol. The molecule has 0 aliphatic carbocycles. The molecule has 1 atom stereocenters. The fourth-order valence-corrected chi connectivity index (χ4v) is 3.29. The Morgan fingerprint density at radius 3 is 2.68 bits per heavy atom. The highest BCUT2D eigenvalue weighted by Gasteiger charge is 2.21. The molecule has 3 rings (SSSR count). The number of anilines is 2. The summed E-state index contributed by atoms with van der Waals surface area (Å²) < 4.78 is 4.83. The van der Waals surface area contributed by atoms with Crippen LogP contribution >= 0.6 is 0 Å². The Kier molecular flexibility index (Phi) is 6.17. The van der Waals surface area contributed by atoms with Gasteiger partial charge in [0, 0.05) is 31.1 Å². The second-order valence-electron chi connectivity index (χ2n) is 7.72. The first-order valence-corrected chi connectivity index (χ1v) is 10.0. The lowest BCUT2D eigenvalue weighted by Crippen LogP contribution is -2.32. The van der Waals surface area contributed by atoms with Crippen LogP contribution in [0.25, 0.3) is 0 Å². The number of methoxy groups -OCH3 is 1.